The summed E-state index contributed by atoms with van der Waals surface area (Å²) < 4.78 is 5.22. The summed E-state index contributed by atoms with van der Waals surface area (Å²) in [6.07, 6.45) is 3.07. The van der Waals surface area contributed by atoms with Crippen LogP contribution in [0.2, 0.25) is 0 Å². The summed E-state index contributed by atoms with van der Waals surface area (Å²) in [5.74, 6) is -1.06. The largest absolute Gasteiger partial charge is 0.451 e. The van der Waals surface area contributed by atoms with E-state index in [1.165, 1.54) is 6.92 Å². The molecule has 3 rings (SSSR count). The number of ether oxygens (including phenoxy) is 1. The number of rotatable bonds is 4. The van der Waals surface area contributed by atoms with Crippen molar-refractivity contribution in [3.05, 3.63) is 0 Å². The summed E-state index contributed by atoms with van der Waals surface area (Å²) in [4.78, 5) is 52.7. The fourth-order valence-corrected chi connectivity index (χ4v) is 5.26. The molecule has 0 aromatic rings. The molecule has 0 aromatic carbocycles. The first-order valence-electron chi connectivity index (χ1n) is 10.2. The standard InChI is InChI=1S/C20H31N3O5/c1-13-9-19(3,4)12-20(10-13)17(26)23(18(27)21-20)11-15(24)28-14(2)16(25)22-7-5-6-8-22/h13-14H,5-12H2,1-4H3,(H,21,27)/t13-,14-,20-/m0/s1. The summed E-state index contributed by atoms with van der Waals surface area (Å²) >= 11 is 0. The summed E-state index contributed by atoms with van der Waals surface area (Å²) in [7, 11) is 0. The Bertz CT molecular complexity index is 685. The van der Waals surface area contributed by atoms with Crippen LogP contribution in [0.15, 0.2) is 0 Å². The van der Waals surface area contributed by atoms with Gasteiger partial charge >= 0.3 is 12.0 Å². The molecule has 0 bridgehead atoms. The molecule has 2 aliphatic heterocycles. The highest BCUT2D eigenvalue weighted by Crippen LogP contribution is 2.46. The quantitative estimate of drug-likeness (QED) is 0.579. The number of urea groups is 1. The van der Waals surface area contributed by atoms with Gasteiger partial charge in [0.2, 0.25) is 0 Å². The Morgan fingerprint density at radius 2 is 1.86 bits per heavy atom. The van der Waals surface area contributed by atoms with Gasteiger partial charge in [0, 0.05) is 13.1 Å². The third kappa shape index (κ3) is 4.00. The molecule has 1 spiro atoms. The Morgan fingerprint density at radius 1 is 1.21 bits per heavy atom. The lowest BCUT2D eigenvalue weighted by molar-refractivity contribution is -0.160. The van der Waals surface area contributed by atoms with E-state index in [-0.39, 0.29) is 23.1 Å². The van der Waals surface area contributed by atoms with Crippen molar-refractivity contribution in [2.24, 2.45) is 11.3 Å². The van der Waals surface area contributed by atoms with E-state index in [9.17, 15) is 19.2 Å². The molecule has 2 saturated heterocycles. The SMILES string of the molecule is C[C@H]1CC(C)(C)C[C@]2(C1)NC(=O)N(CC(=O)O[C@@H](C)C(=O)N1CCCC1)C2=O. The Balaban J connectivity index is 1.62. The first kappa shape index (κ1) is 20.6. The molecule has 1 N–H and O–H groups in total. The number of carbonyl (C=O) groups excluding carboxylic acids is 4. The van der Waals surface area contributed by atoms with Crippen molar-refractivity contribution in [3.8, 4) is 0 Å². The van der Waals surface area contributed by atoms with E-state index < -0.39 is 30.2 Å². The molecular formula is C20H31N3O5. The van der Waals surface area contributed by atoms with E-state index in [4.69, 9.17) is 4.74 Å². The fourth-order valence-electron chi connectivity index (χ4n) is 5.26. The monoisotopic (exact) mass is 393 g/mol. The minimum Gasteiger partial charge on any atom is -0.451 e. The maximum absolute atomic E-state index is 13.1. The highest BCUT2D eigenvalue weighted by molar-refractivity contribution is 6.08. The van der Waals surface area contributed by atoms with Gasteiger partial charge in [-0.1, -0.05) is 20.8 Å². The second kappa shape index (κ2) is 7.37. The third-order valence-corrected chi connectivity index (χ3v) is 5.99. The van der Waals surface area contributed by atoms with Crippen LogP contribution in [0.1, 0.15) is 59.8 Å². The van der Waals surface area contributed by atoms with Crippen LogP contribution in [0, 0.1) is 11.3 Å². The summed E-state index contributed by atoms with van der Waals surface area (Å²) in [5.41, 5.74) is -1.02. The third-order valence-electron chi connectivity index (χ3n) is 5.99. The first-order chi connectivity index (χ1) is 13.0. The molecule has 3 atom stereocenters. The molecule has 4 amide bonds. The van der Waals surface area contributed by atoms with Gasteiger partial charge in [-0.05, 0) is 50.4 Å². The molecule has 1 saturated carbocycles. The van der Waals surface area contributed by atoms with Crippen LogP contribution in [0.25, 0.3) is 0 Å². The van der Waals surface area contributed by atoms with Crippen LogP contribution in [-0.2, 0) is 19.1 Å². The van der Waals surface area contributed by atoms with Crippen LogP contribution in [0.3, 0.4) is 0 Å². The van der Waals surface area contributed by atoms with Gasteiger partial charge in [0.25, 0.3) is 11.8 Å². The van der Waals surface area contributed by atoms with Crippen molar-refractivity contribution >= 4 is 23.8 Å². The summed E-state index contributed by atoms with van der Waals surface area (Å²) in [6.45, 7) is 8.65. The van der Waals surface area contributed by atoms with Crippen LogP contribution in [-0.4, -0.2) is 64.9 Å². The van der Waals surface area contributed by atoms with Crippen LogP contribution in [0.4, 0.5) is 4.79 Å². The van der Waals surface area contributed by atoms with Gasteiger partial charge < -0.3 is 15.0 Å². The Morgan fingerprint density at radius 3 is 2.46 bits per heavy atom. The van der Waals surface area contributed by atoms with Gasteiger partial charge in [0.15, 0.2) is 6.10 Å². The number of esters is 1. The zero-order valence-corrected chi connectivity index (χ0v) is 17.2. The van der Waals surface area contributed by atoms with Crippen molar-refractivity contribution in [1.82, 2.24) is 15.1 Å². The maximum atomic E-state index is 13.1. The molecule has 3 fully saturated rings. The fraction of sp³-hybridized carbons (Fsp3) is 0.800. The number of amides is 4. The molecule has 2 heterocycles. The van der Waals surface area contributed by atoms with Crippen molar-refractivity contribution in [1.29, 1.82) is 0 Å². The molecule has 156 valence electrons. The van der Waals surface area contributed by atoms with E-state index in [0.717, 1.165) is 24.2 Å². The van der Waals surface area contributed by atoms with Crippen molar-refractivity contribution in [2.75, 3.05) is 19.6 Å². The summed E-state index contributed by atoms with van der Waals surface area (Å²) in [6, 6.07) is -0.564. The van der Waals surface area contributed by atoms with Gasteiger partial charge in [-0.2, -0.15) is 0 Å². The van der Waals surface area contributed by atoms with Crippen molar-refractivity contribution in [2.45, 2.75) is 71.4 Å². The molecule has 0 radical (unpaired) electrons. The molecule has 0 aromatic heterocycles. The summed E-state index contributed by atoms with van der Waals surface area (Å²) in [5, 5.41) is 2.84. The van der Waals surface area contributed by atoms with E-state index in [0.29, 0.717) is 25.9 Å². The number of imide groups is 1. The number of nitrogens with one attached hydrogen (secondary N) is 1. The number of hydrogen-bond donors (Lipinski definition) is 1. The van der Waals surface area contributed by atoms with E-state index in [1.54, 1.807) is 4.90 Å². The Kier molecular flexibility index (Phi) is 5.42. The van der Waals surface area contributed by atoms with Gasteiger partial charge in [-0.25, -0.2) is 4.79 Å². The number of nitrogens with zero attached hydrogens (tertiary/aromatic N) is 2. The average molecular weight is 393 g/mol. The lowest BCUT2D eigenvalue weighted by atomic mass is 9.64. The van der Waals surface area contributed by atoms with Gasteiger partial charge in [-0.3, -0.25) is 19.3 Å². The smallest absolute Gasteiger partial charge is 0.327 e. The van der Waals surface area contributed by atoms with Crippen molar-refractivity contribution < 1.29 is 23.9 Å². The number of likely N-dealkylation sites (tertiary alicyclic amines) is 1. The maximum Gasteiger partial charge on any atom is 0.327 e. The minimum atomic E-state index is -0.949. The predicted octanol–water partition coefficient (Wildman–Crippen LogP) is 1.68. The molecule has 3 aliphatic rings. The van der Waals surface area contributed by atoms with Gasteiger partial charge in [0.05, 0.1) is 0 Å². The second-order valence-corrected chi connectivity index (χ2v) is 9.42. The number of hydrogen-bond acceptors (Lipinski definition) is 5. The number of carbonyl (C=O) groups is 4. The van der Waals surface area contributed by atoms with Crippen LogP contribution >= 0.6 is 0 Å². The highest BCUT2D eigenvalue weighted by Gasteiger charge is 2.56. The molecular weight excluding hydrogens is 362 g/mol. The average Bonchev–Trinajstić information content (AvgIpc) is 3.16. The second-order valence-electron chi connectivity index (χ2n) is 9.42. The van der Waals surface area contributed by atoms with Crippen molar-refractivity contribution in [3.63, 3.8) is 0 Å². The lowest BCUT2D eigenvalue weighted by Crippen LogP contribution is -2.54. The van der Waals surface area contributed by atoms with Crippen LogP contribution in [0.5, 0.6) is 0 Å². The predicted molar refractivity (Wildman–Crippen MR) is 101 cm³/mol. The molecule has 8 nitrogen and oxygen atoms in total. The van der Waals surface area contributed by atoms with Crippen LogP contribution < -0.4 is 5.32 Å². The van der Waals surface area contributed by atoms with Gasteiger partial charge in [-0.15, -0.1) is 0 Å². The van der Waals surface area contributed by atoms with E-state index in [1.807, 2.05) is 0 Å². The molecule has 8 heteroatoms. The van der Waals surface area contributed by atoms with E-state index >= 15 is 0 Å². The molecule has 28 heavy (non-hydrogen) atoms. The first-order valence-corrected chi connectivity index (χ1v) is 10.2. The zero-order valence-electron chi connectivity index (χ0n) is 17.2. The van der Waals surface area contributed by atoms with Gasteiger partial charge in [0.1, 0.15) is 12.1 Å². The topological polar surface area (TPSA) is 96.0 Å². The molecule has 0 unspecified atom stereocenters. The minimum absolute atomic E-state index is 0.0756. The highest BCUT2D eigenvalue weighted by atomic mass is 16.5. The Labute approximate surface area is 165 Å². The van der Waals surface area contributed by atoms with E-state index in [2.05, 4.69) is 26.1 Å². The Hall–Kier alpha value is -2.12. The lowest BCUT2D eigenvalue weighted by Gasteiger charge is -2.43. The zero-order chi connectivity index (χ0) is 20.7. The molecule has 1 aliphatic carbocycles. The normalized spacial score (nSPS) is 30.5.